The highest BCUT2D eigenvalue weighted by Crippen LogP contribution is 2.30. The third kappa shape index (κ3) is 3.66. The third-order valence-electron chi connectivity index (χ3n) is 2.70. The van der Waals surface area contributed by atoms with Gasteiger partial charge in [-0.05, 0) is 42.2 Å². The molecule has 2 rings (SSSR count). The summed E-state index contributed by atoms with van der Waals surface area (Å²) < 4.78 is 0. The minimum Gasteiger partial charge on any atom is -0.389 e. The monoisotopic (exact) mass is 322 g/mol. The van der Waals surface area contributed by atoms with Gasteiger partial charge < -0.3 is 11.1 Å². The quantitative estimate of drug-likeness (QED) is 0.611. The van der Waals surface area contributed by atoms with E-state index in [1.807, 2.05) is 42.5 Å². The number of anilines is 2. The van der Waals surface area contributed by atoms with Crippen LogP contribution in [0.3, 0.4) is 0 Å². The van der Waals surface area contributed by atoms with Crippen molar-refractivity contribution in [2.45, 2.75) is 11.8 Å². The first-order valence-corrected chi connectivity index (χ1v) is 7.97. The average molecular weight is 323 g/mol. The van der Waals surface area contributed by atoms with E-state index in [2.05, 4.69) is 12.2 Å². The van der Waals surface area contributed by atoms with Crippen molar-refractivity contribution in [1.82, 2.24) is 0 Å². The van der Waals surface area contributed by atoms with Crippen LogP contribution >= 0.6 is 35.6 Å². The summed E-state index contributed by atoms with van der Waals surface area (Å²) in [7, 11) is 0. The van der Waals surface area contributed by atoms with Crippen molar-refractivity contribution in [3.05, 3.63) is 53.1 Å². The van der Waals surface area contributed by atoms with Crippen LogP contribution in [0.5, 0.6) is 0 Å². The van der Waals surface area contributed by atoms with Crippen molar-refractivity contribution in [2.24, 2.45) is 5.73 Å². The predicted molar refractivity (Wildman–Crippen MR) is 93.5 cm³/mol. The molecule has 0 amide bonds. The molecule has 20 heavy (non-hydrogen) atoms. The molecule has 0 aliphatic rings. The summed E-state index contributed by atoms with van der Waals surface area (Å²) in [5.74, 6) is 0.972. The van der Waals surface area contributed by atoms with E-state index in [1.54, 1.807) is 11.8 Å². The molecule has 0 heterocycles. The standard InChI is InChI=1S/C15H15ClN2S2/c1-2-20-13-5-3-4-12(14(13)15(17)19)18-11-8-6-10(16)7-9-11/h3-9,18H,2H2,1H3,(H2,17,19). The summed E-state index contributed by atoms with van der Waals surface area (Å²) in [6.45, 7) is 2.10. The van der Waals surface area contributed by atoms with Crippen LogP contribution in [-0.2, 0) is 0 Å². The first kappa shape index (κ1) is 15.2. The van der Waals surface area contributed by atoms with Crippen LogP contribution in [0.4, 0.5) is 11.4 Å². The zero-order valence-electron chi connectivity index (χ0n) is 11.0. The average Bonchev–Trinajstić information content (AvgIpc) is 2.41. The lowest BCUT2D eigenvalue weighted by molar-refractivity contribution is 1.38. The number of hydrogen-bond acceptors (Lipinski definition) is 3. The van der Waals surface area contributed by atoms with E-state index in [9.17, 15) is 0 Å². The number of halogens is 1. The highest BCUT2D eigenvalue weighted by Gasteiger charge is 2.11. The Morgan fingerprint density at radius 3 is 2.55 bits per heavy atom. The second kappa shape index (κ2) is 6.97. The topological polar surface area (TPSA) is 38.0 Å². The normalized spacial score (nSPS) is 10.3. The Labute approximate surface area is 133 Å². The molecule has 5 heteroatoms. The summed E-state index contributed by atoms with van der Waals surface area (Å²) in [5, 5.41) is 4.05. The van der Waals surface area contributed by atoms with Crippen molar-refractivity contribution in [3.63, 3.8) is 0 Å². The molecule has 0 aromatic heterocycles. The van der Waals surface area contributed by atoms with E-state index in [4.69, 9.17) is 29.6 Å². The Morgan fingerprint density at radius 2 is 1.95 bits per heavy atom. The van der Waals surface area contributed by atoms with Crippen LogP contribution in [0.25, 0.3) is 0 Å². The number of thiocarbonyl (C=S) groups is 1. The van der Waals surface area contributed by atoms with Gasteiger partial charge in [0.1, 0.15) is 4.99 Å². The lowest BCUT2D eigenvalue weighted by atomic mass is 10.1. The molecule has 2 nitrogen and oxygen atoms in total. The highest BCUT2D eigenvalue weighted by atomic mass is 35.5. The Kier molecular flexibility index (Phi) is 5.29. The molecule has 0 atom stereocenters. The van der Waals surface area contributed by atoms with Gasteiger partial charge in [0.2, 0.25) is 0 Å². The maximum Gasteiger partial charge on any atom is 0.107 e. The van der Waals surface area contributed by atoms with Crippen LogP contribution in [-0.4, -0.2) is 10.7 Å². The first-order valence-electron chi connectivity index (χ1n) is 6.20. The van der Waals surface area contributed by atoms with Crippen molar-refractivity contribution in [3.8, 4) is 0 Å². The van der Waals surface area contributed by atoms with Crippen molar-refractivity contribution >= 4 is 51.9 Å². The second-order valence-corrected chi connectivity index (χ2v) is 6.29. The minimum absolute atomic E-state index is 0.401. The third-order valence-corrected chi connectivity index (χ3v) is 4.09. The molecule has 0 saturated carbocycles. The first-order chi connectivity index (χ1) is 9.61. The van der Waals surface area contributed by atoms with Crippen LogP contribution in [0.15, 0.2) is 47.4 Å². The molecule has 0 saturated heterocycles. The number of nitrogens with two attached hydrogens (primary N) is 1. The van der Waals surface area contributed by atoms with Gasteiger partial charge in [-0.3, -0.25) is 0 Å². The minimum atomic E-state index is 0.401. The van der Waals surface area contributed by atoms with Gasteiger partial charge in [0.15, 0.2) is 0 Å². The molecule has 104 valence electrons. The predicted octanol–water partition coefficient (Wildman–Crippen LogP) is 4.83. The maximum absolute atomic E-state index is 5.89. The second-order valence-electron chi connectivity index (χ2n) is 4.11. The number of nitrogens with one attached hydrogen (secondary N) is 1. The molecular formula is C15H15ClN2S2. The molecule has 2 aromatic rings. The van der Waals surface area contributed by atoms with Gasteiger partial charge in [-0.1, -0.05) is 36.8 Å². The lowest BCUT2D eigenvalue weighted by Crippen LogP contribution is -2.13. The molecule has 0 unspecified atom stereocenters. The molecule has 0 radical (unpaired) electrons. The lowest BCUT2D eigenvalue weighted by Gasteiger charge is -2.15. The number of hydrogen-bond donors (Lipinski definition) is 2. The fraction of sp³-hybridized carbons (Fsp3) is 0.133. The molecule has 0 fully saturated rings. The number of benzene rings is 2. The van der Waals surface area contributed by atoms with E-state index in [-0.39, 0.29) is 0 Å². The van der Waals surface area contributed by atoms with Gasteiger partial charge in [0, 0.05) is 26.9 Å². The maximum atomic E-state index is 5.89. The smallest absolute Gasteiger partial charge is 0.107 e. The van der Waals surface area contributed by atoms with Gasteiger partial charge in [-0.15, -0.1) is 11.8 Å². The van der Waals surface area contributed by atoms with Crippen LogP contribution in [0, 0.1) is 0 Å². The van der Waals surface area contributed by atoms with Crippen molar-refractivity contribution in [1.29, 1.82) is 0 Å². The summed E-state index contributed by atoms with van der Waals surface area (Å²) >= 11 is 12.8. The molecule has 0 bridgehead atoms. The van der Waals surface area contributed by atoms with Gasteiger partial charge >= 0.3 is 0 Å². The van der Waals surface area contributed by atoms with E-state index >= 15 is 0 Å². The van der Waals surface area contributed by atoms with Crippen LogP contribution in [0.2, 0.25) is 5.02 Å². The van der Waals surface area contributed by atoms with Crippen LogP contribution in [0.1, 0.15) is 12.5 Å². The Hall–Kier alpha value is -1.23. The van der Waals surface area contributed by atoms with E-state index in [0.29, 0.717) is 10.0 Å². The van der Waals surface area contributed by atoms with Crippen LogP contribution < -0.4 is 11.1 Å². The molecule has 0 aliphatic heterocycles. The fourth-order valence-corrected chi connectivity index (χ4v) is 3.11. The van der Waals surface area contributed by atoms with Crippen molar-refractivity contribution < 1.29 is 0 Å². The summed E-state index contributed by atoms with van der Waals surface area (Å²) in [5.41, 5.74) is 8.64. The van der Waals surface area contributed by atoms with Gasteiger partial charge in [-0.25, -0.2) is 0 Å². The Bertz CT molecular complexity index is 612. The van der Waals surface area contributed by atoms with Gasteiger partial charge in [-0.2, -0.15) is 0 Å². The zero-order valence-corrected chi connectivity index (χ0v) is 13.4. The van der Waals surface area contributed by atoms with Crippen molar-refractivity contribution in [2.75, 3.05) is 11.1 Å². The fourth-order valence-electron chi connectivity index (χ4n) is 1.85. The summed E-state index contributed by atoms with van der Waals surface area (Å²) in [4.78, 5) is 1.50. The van der Waals surface area contributed by atoms with E-state index in [1.165, 1.54) is 0 Å². The molecular weight excluding hydrogens is 308 g/mol. The van der Waals surface area contributed by atoms with E-state index < -0.39 is 0 Å². The SMILES string of the molecule is CCSc1cccc(Nc2ccc(Cl)cc2)c1C(N)=S. The highest BCUT2D eigenvalue weighted by molar-refractivity contribution is 7.99. The van der Waals surface area contributed by atoms with Gasteiger partial charge in [0.05, 0.1) is 0 Å². The van der Waals surface area contributed by atoms with Gasteiger partial charge in [0.25, 0.3) is 0 Å². The number of rotatable bonds is 5. The van der Waals surface area contributed by atoms with E-state index in [0.717, 1.165) is 27.6 Å². The molecule has 2 aromatic carbocycles. The molecule has 0 spiro atoms. The number of thioether (sulfide) groups is 1. The Balaban J connectivity index is 2.37. The summed E-state index contributed by atoms with van der Waals surface area (Å²) in [6, 6.07) is 13.5. The Morgan fingerprint density at radius 1 is 1.25 bits per heavy atom. The molecule has 0 aliphatic carbocycles. The zero-order chi connectivity index (χ0) is 14.5. The molecule has 3 N–H and O–H groups in total. The largest absolute Gasteiger partial charge is 0.389 e. The summed E-state index contributed by atoms with van der Waals surface area (Å²) in [6.07, 6.45) is 0.